The number of hydrogen-bond donors (Lipinski definition) is 2. The van der Waals surface area contributed by atoms with Gasteiger partial charge in [-0.05, 0) is 12.8 Å². The molecule has 0 aromatic carbocycles. The lowest BCUT2D eigenvalue weighted by Gasteiger charge is -2.35. The maximum Gasteiger partial charge on any atom is 0.309 e. The van der Waals surface area contributed by atoms with Gasteiger partial charge in [0.1, 0.15) is 0 Å². The van der Waals surface area contributed by atoms with Crippen LogP contribution in [0.25, 0.3) is 0 Å². The molecule has 1 aliphatic carbocycles. The molecule has 0 bridgehead atoms. The van der Waals surface area contributed by atoms with Gasteiger partial charge in [-0.25, -0.2) is 0 Å². The number of hydrogen-bond acceptors (Lipinski definition) is 2. The number of rotatable bonds is 4. The molecule has 1 radical (unpaired) electrons. The summed E-state index contributed by atoms with van der Waals surface area (Å²) in [6, 6.07) is 0. The lowest BCUT2D eigenvalue weighted by Crippen LogP contribution is -2.47. The number of carboxylic acids is 1. The molecule has 73 valence electrons. The molecule has 4 heteroatoms. The number of aliphatic carboxylic acids is 1. The van der Waals surface area contributed by atoms with Crippen molar-refractivity contribution in [3.8, 4) is 0 Å². The molecule has 1 rings (SSSR count). The number of carboxylic acid groups (broad SMARTS) is 1. The van der Waals surface area contributed by atoms with Gasteiger partial charge in [0.15, 0.2) is 0 Å². The molecule has 0 aromatic heterocycles. The van der Waals surface area contributed by atoms with E-state index in [1.54, 1.807) is 6.41 Å². The zero-order valence-corrected chi connectivity index (χ0v) is 7.51. The molecule has 1 fully saturated rings. The Hall–Kier alpha value is -1.06. The van der Waals surface area contributed by atoms with E-state index in [1.165, 1.54) is 0 Å². The van der Waals surface area contributed by atoms with Crippen molar-refractivity contribution in [1.29, 1.82) is 0 Å². The summed E-state index contributed by atoms with van der Waals surface area (Å²) >= 11 is 0. The predicted molar refractivity (Wildman–Crippen MR) is 46.9 cm³/mol. The van der Waals surface area contributed by atoms with E-state index in [4.69, 9.17) is 5.11 Å². The maximum absolute atomic E-state index is 10.6. The molecule has 0 aliphatic heterocycles. The van der Waals surface area contributed by atoms with Crippen LogP contribution in [-0.4, -0.2) is 23.0 Å². The van der Waals surface area contributed by atoms with Gasteiger partial charge in [-0.3, -0.25) is 9.59 Å². The van der Waals surface area contributed by atoms with Crippen molar-refractivity contribution in [2.24, 2.45) is 0 Å². The van der Waals surface area contributed by atoms with Crippen molar-refractivity contribution in [3.63, 3.8) is 0 Å². The standard InChI is InChI=1S/C9H14NO3/c11-7-10-9(6-8(12)13)4-2-1-3-5-9/h1-6H2,(H,10,11)(H,12,13). The van der Waals surface area contributed by atoms with Crippen LogP contribution in [0.5, 0.6) is 0 Å². The van der Waals surface area contributed by atoms with Crippen molar-refractivity contribution in [2.75, 3.05) is 0 Å². The van der Waals surface area contributed by atoms with Crippen LogP contribution in [0, 0.1) is 0 Å². The molecule has 1 aliphatic rings. The lowest BCUT2D eigenvalue weighted by molar-refractivity contribution is -0.138. The summed E-state index contributed by atoms with van der Waals surface area (Å²) in [5.74, 6) is -0.857. The third-order valence-electron chi connectivity index (χ3n) is 2.62. The SMILES string of the molecule is O=[C]NC1(CC(=O)O)CCCCC1. The molecule has 0 aromatic rings. The van der Waals surface area contributed by atoms with Crippen molar-refractivity contribution in [1.82, 2.24) is 5.32 Å². The molecular weight excluding hydrogens is 170 g/mol. The second kappa shape index (κ2) is 4.25. The van der Waals surface area contributed by atoms with Gasteiger partial charge < -0.3 is 10.4 Å². The maximum atomic E-state index is 10.6. The van der Waals surface area contributed by atoms with Crippen LogP contribution in [0.4, 0.5) is 0 Å². The average molecular weight is 184 g/mol. The number of carbonyl (C=O) groups excluding carboxylic acids is 1. The van der Waals surface area contributed by atoms with E-state index in [-0.39, 0.29) is 6.42 Å². The summed E-state index contributed by atoms with van der Waals surface area (Å²) in [7, 11) is 0. The van der Waals surface area contributed by atoms with Crippen LogP contribution < -0.4 is 5.32 Å². The average Bonchev–Trinajstić information content (AvgIpc) is 2.04. The molecule has 0 saturated heterocycles. The highest BCUT2D eigenvalue weighted by Gasteiger charge is 2.33. The summed E-state index contributed by atoms with van der Waals surface area (Å²) < 4.78 is 0. The predicted octanol–water partition coefficient (Wildman–Crippen LogP) is 0.821. The Kier molecular flexibility index (Phi) is 3.28. The van der Waals surface area contributed by atoms with Crippen LogP contribution in [-0.2, 0) is 9.59 Å². The fraction of sp³-hybridized carbons (Fsp3) is 0.778. The lowest BCUT2D eigenvalue weighted by atomic mass is 9.79. The van der Waals surface area contributed by atoms with Crippen molar-refractivity contribution in [2.45, 2.75) is 44.1 Å². The van der Waals surface area contributed by atoms with E-state index >= 15 is 0 Å². The van der Waals surface area contributed by atoms with E-state index < -0.39 is 11.5 Å². The second-order valence-electron chi connectivity index (χ2n) is 3.64. The normalized spacial score (nSPS) is 20.6. The number of amides is 1. The van der Waals surface area contributed by atoms with Gasteiger partial charge in [0.25, 0.3) is 0 Å². The summed E-state index contributed by atoms with van der Waals surface area (Å²) in [6.07, 6.45) is 6.26. The summed E-state index contributed by atoms with van der Waals surface area (Å²) in [4.78, 5) is 20.8. The molecular formula is C9H14NO3. The zero-order valence-electron chi connectivity index (χ0n) is 7.51. The fourth-order valence-electron chi connectivity index (χ4n) is 1.97. The molecule has 2 N–H and O–H groups in total. The minimum absolute atomic E-state index is 0.0161. The third kappa shape index (κ3) is 2.72. The summed E-state index contributed by atoms with van der Waals surface area (Å²) in [6.45, 7) is 0. The molecule has 13 heavy (non-hydrogen) atoms. The largest absolute Gasteiger partial charge is 0.481 e. The van der Waals surface area contributed by atoms with E-state index in [2.05, 4.69) is 5.32 Å². The first kappa shape index (κ1) is 10.0. The van der Waals surface area contributed by atoms with E-state index in [1.807, 2.05) is 0 Å². The highest BCUT2D eigenvalue weighted by molar-refractivity contribution is 5.69. The first-order valence-electron chi connectivity index (χ1n) is 4.55. The van der Waals surface area contributed by atoms with E-state index in [0.717, 1.165) is 32.1 Å². The number of nitrogens with one attached hydrogen (secondary N) is 1. The van der Waals surface area contributed by atoms with Gasteiger partial charge >= 0.3 is 12.4 Å². The fourth-order valence-corrected chi connectivity index (χ4v) is 1.97. The topological polar surface area (TPSA) is 66.4 Å². The monoisotopic (exact) mass is 184 g/mol. The Morgan fingerprint density at radius 3 is 2.46 bits per heavy atom. The van der Waals surface area contributed by atoms with Crippen molar-refractivity contribution >= 4 is 12.4 Å². The Morgan fingerprint density at radius 1 is 1.38 bits per heavy atom. The highest BCUT2D eigenvalue weighted by atomic mass is 16.4. The quantitative estimate of drug-likeness (QED) is 0.636. The molecule has 0 heterocycles. The van der Waals surface area contributed by atoms with E-state index in [0.29, 0.717) is 0 Å². The molecule has 1 amide bonds. The summed E-state index contributed by atoms with van der Waals surface area (Å²) in [5.41, 5.74) is -0.522. The smallest absolute Gasteiger partial charge is 0.309 e. The van der Waals surface area contributed by atoms with Gasteiger partial charge in [0.2, 0.25) is 0 Å². The zero-order chi connectivity index (χ0) is 9.73. The molecule has 0 spiro atoms. The Morgan fingerprint density at radius 2 is 2.00 bits per heavy atom. The third-order valence-corrected chi connectivity index (χ3v) is 2.62. The van der Waals surface area contributed by atoms with Gasteiger partial charge in [0, 0.05) is 0 Å². The Bertz CT molecular complexity index is 197. The Labute approximate surface area is 77.3 Å². The summed E-state index contributed by atoms with van der Waals surface area (Å²) in [5, 5.41) is 11.2. The van der Waals surface area contributed by atoms with Gasteiger partial charge in [0.05, 0.1) is 12.0 Å². The van der Waals surface area contributed by atoms with Crippen LogP contribution in [0.2, 0.25) is 0 Å². The first-order chi connectivity index (χ1) is 6.18. The van der Waals surface area contributed by atoms with Crippen molar-refractivity contribution in [3.05, 3.63) is 0 Å². The molecule has 4 nitrogen and oxygen atoms in total. The van der Waals surface area contributed by atoms with E-state index in [9.17, 15) is 9.59 Å². The van der Waals surface area contributed by atoms with Crippen LogP contribution in [0.15, 0.2) is 0 Å². The van der Waals surface area contributed by atoms with Crippen LogP contribution in [0.3, 0.4) is 0 Å². The highest BCUT2D eigenvalue weighted by Crippen LogP contribution is 2.30. The van der Waals surface area contributed by atoms with Crippen LogP contribution >= 0.6 is 0 Å². The van der Waals surface area contributed by atoms with Gasteiger partial charge in [-0.15, -0.1) is 0 Å². The minimum Gasteiger partial charge on any atom is -0.481 e. The number of carbonyl (C=O) groups is 1. The minimum atomic E-state index is -0.857. The molecule has 0 unspecified atom stereocenters. The first-order valence-corrected chi connectivity index (χ1v) is 4.55. The van der Waals surface area contributed by atoms with Crippen molar-refractivity contribution < 1.29 is 14.7 Å². The second-order valence-corrected chi connectivity index (χ2v) is 3.64. The Balaban J connectivity index is 2.60. The molecule has 1 saturated carbocycles. The van der Waals surface area contributed by atoms with Crippen LogP contribution in [0.1, 0.15) is 38.5 Å². The van der Waals surface area contributed by atoms with Gasteiger partial charge in [-0.1, -0.05) is 19.3 Å². The van der Waals surface area contributed by atoms with Gasteiger partial charge in [-0.2, -0.15) is 0 Å². The molecule has 0 atom stereocenters.